The summed E-state index contributed by atoms with van der Waals surface area (Å²) in [4.78, 5) is 20.2. The zero-order valence-electron chi connectivity index (χ0n) is 12.0. The van der Waals surface area contributed by atoms with E-state index in [1.807, 2.05) is 32.2 Å². The van der Waals surface area contributed by atoms with Crippen molar-refractivity contribution in [3.05, 3.63) is 54.0 Å². The van der Waals surface area contributed by atoms with E-state index in [0.29, 0.717) is 12.4 Å². The molecule has 0 atom stereocenters. The second-order valence-electron chi connectivity index (χ2n) is 4.94. The van der Waals surface area contributed by atoms with Crippen LogP contribution in [-0.2, 0) is 18.3 Å². The van der Waals surface area contributed by atoms with Crippen molar-refractivity contribution in [3.63, 3.8) is 0 Å². The first-order valence-electron chi connectivity index (χ1n) is 6.76. The number of amides is 1. The van der Waals surface area contributed by atoms with Crippen LogP contribution in [0.5, 0.6) is 0 Å². The van der Waals surface area contributed by atoms with Crippen molar-refractivity contribution in [1.82, 2.24) is 14.5 Å². The van der Waals surface area contributed by atoms with Crippen molar-refractivity contribution in [3.8, 4) is 0 Å². The van der Waals surface area contributed by atoms with Crippen LogP contribution < -0.4 is 5.32 Å². The number of aromatic nitrogens is 3. The SMILES string of the molecule is Cc1c(CC(=O)Nc2ncccn2)c2ccccc2n1C. The number of aryl methyl sites for hydroxylation is 1. The summed E-state index contributed by atoms with van der Waals surface area (Å²) in [7, 11) is 2.01. The third-order valence-corrected chi connectivity index (χ3v) is 3.68. The van der Waals surface area contributed by atoms with Crippen LogP contribution in [0.25, 0.3) is 10.9 Å². The van der Waals surface area contributed by atoms with Gasteiger partial charge in [-0.1, -0.05) is 18.2 Å². The molecule has 0 radical (unpaired) electrons. The zero-order chi connectivity index (χ0) is 14.8. The number of nitrogens with zero attached hydrogens (tertiary/aromatic N) is 3. The Morgan fingerprint density at radius 2 is 1.90 bits per heavy atom. The Hall–Kier alpha value is -2.69. The number of para-hydroxylation sites is 1. The van der Waals surface area contributed by atoms with E-state index in [1.165, 1.54) is 0 Å². The molecule has 0 aliphatic heterocycles. The Morgan fingerprint density at radius 3 is 2.67 bits per heavy atom. The van der Waals surface area contributed by atoms with E-state index in [0.717, 1.165) is 22.2 Å². The van der Waals surface area contributed by atoms with Crippen LogP contribution in [0.3, 0.4) is 0 Å². The summed E-state index contributed by atoms with van der Waals surface area (Å²) in [6.45, 7) is 2.03. The van der Waals surface area contributed by atoms with Gasteiger partial charge in [-0.3, -0.25) is 10.1 Å². The Labute approximate surface area is 122 Å². The fraction of sp³-hybridized carbons (Fsp3) is 0.188. The number of nitrogens with one attached hydrogen (secondary N) is 1. The number of anilines is 1. The van der Waals surface area contributed by atoms with Gasteiger partial charge in [0.2, 0.25) is 11.9 Å². The van der Waals surface area contributed by atoms with Gasteiger partial charge in [0.25, 0.3) is 0 Å². The highest BCUT2D eigenvalue weighted by atomic mass is 16.1. The minimum atomic E-state index is -0.111. The molecule has 1 aromatic carbocycles. The third-order valence-electron chi connectivity index (χ3n) is 3.68. The highest BCUT2D eigenvalue weighted by Crippen LogP contribution is 2.25. The summed E-state index contributed by atoms with van der Waals surface area (Å²) in [5.41, 5.74) is 3.27. The van der Waals surface area contributed by atoms with Crippen molar-refractivity contribution in [2.45, 2.75) is 13.3 Å². The molecule has 0 spiro atoms. The molecule has 2 aromatic heterocycles. The fourth-order valence-electron chi connectivity index (χ4n) is 2.52. The Bertz CT molecular complexity index is 793. The van der Waals surface area contributed by atoms with E-state index in [9.17, 15) is 4.79 Å². The summed E-state index contributed by atoms with van der Waals surface area (Å²) < 4.78 is 2.11. The quantitative estimate of drug-likeness (QED) is 0.801. The molecule has 2 heterocycles. The van der Waals surface area contributed by atoms with Crippen LogP contribution in [0.4, 0.5) is 5.95 Å². The summed E-state index contributed by atoms with van der Waals surface area (Å²) >= 11 is 0. The maximum atomic E-state index is 12.2. The molecule has 0 fully saturated rings. The van der Waals surface area contributed by atoms with Gasteiger partial charge < -0.3 is 4.57 Å². The highest BCUT2D eigenvalue weighted by molar-refractivity contribution is 5.95. The van der Waals surface area contributed by atoms with Gasteiger partial charge in [-0.25, -0.2) is 9.97 Å². The monoisotopic (exact) mass is 280 g/mol. The van der Waals surface area contributed by atoms with Crippen LogP contribution in [0.1, 0.15) is 11.3 Å². The predicted octanol–water partition coefficient (Wildman–Crippen LogP) is 2.46. The van der Waals surface area contributed by atoms with Crippen molar-refractivity contribution >= 4 is 22.8 Å². The Kier molecular flexibility index (Phi) is 3.39. The molecular weight excluding hydrogens is 264 g/mol. The molecule has 0 aliphatic rings. The van der Waals surface area contributed by atoms with Crippen LogP contribution in [0.15, 0.2) is 42.7 Å². The third kappa shape index (κ3) is 2.50. The van der Waals surface area contributed by atoms with Crippen LogP contribution in [0, 0.1) is 6.92 Å². The van der Waals surface area contributed by atoms with E-state index in [4.69, 9.17) is 0 Å². The number of hydrogen-bond donors (Lipinski definition) is 1. The molecule has 0 saturated carbocycles. The minimum Gasteiger partial charge on any atom is -0.348 e. The van der Waals surface area contributed by atoms with Crippen molar-refractivity contribution in [2.75, 3.05) is 5.32 Å². The topological polar surface area (TPSA) is 59.8 Å². The van der Waals surface area contributed by atoms with Crippen molar-refractivity contribution in [2.24, 2.45) is 7.05 Å². The molecule has 0 saturated heterocycles. The lowest BCUT2D eigenvalue weighted by atomic mass is 10.1. The van der Waals surface area contributed by atoms with Crippen LogP contribution in [-0.4, -0.2) is 20.4 Å². The molecule has 5 heteroatoms. The number of carbonyl (C=O) groups is 1. The second kappa shape index (κ2) is 5.36. The van der Waals surface area contributed by atoms with E-state index in [2.05, 4.69) is 25.9 Å². The number of fused-ring (bicyclic) bond motifs is 1. The number of carbonyl (C=O) groups excluding carboxylic acids is 1. The molecule has 0 bridgehead atoms. The molecule has 1 amide bonds. The first kappa shape index (κ1) is 13.3. The fourth-order valence-corrected chi connectivity index (χ4v) is 2.52. The van der Waals surface area contributed by atoms with E-state index in [-0.39, 0.29) is 5.91 Å². The standard InChI is InChI=1S/C16H16N4O/c1-11-13(12-6-3-4-7-14(12)20(11)2)10-15(21)19-16-17-8-5-9-18-16/h3-9H,10H2,1-2H3,(H,17,18,19,21). The molecule has 21 heavy (non-hydrogen) atoms. The van der Waals surface area contributed by atoms with Crippen LogP contribution >= 0.6 is 0 Å². The zero-order valence-corrected chi connectivity index (χ0v) is 12.0. The smallest absolute Gasteiger partial charge is 0.231 e. The largest absolute Gasteiger partial charge is 0.348 e. The van der Waals surface area contributed by atoms with Gasteiger partial charge in [0.05, 0.1) is 6.42 Å². The molecule has 5 nitrogen and oxygen atoms in total. The molecule has 3 rings (SSSR count). The summed E-state index contributed by atoms with van der Waals surface area (Å²) in [5, 5.41) is 3.83. The lowest BCUT2D eigenvalue weighted by molar-refractivity contribution is -0.115. The first-order valence-corrected chi connectivity index (χ1v) is 6.76. The average Bonchev–Trinajstić information content (AvgIpc) is 2.74. The number of benzene rings is 1. The minimum absolute atomic E-state index is 0.111. The maximum Gasteiger partial charge on any atom is 0.231 e. The predicted molar refractivity (Wildman–Crippen MR) is 82.0 cm³/mol. The Balaban J connectivity index is 1.88. The Morgan fingerprint density at radius 1 is 1.19 bits per heavy atom. The van der Waals surface area contributed by atoms with E-state index >= 15 is 0 Å². The number of hydrogen-bond acceptors (Lipinski definition) is 3. The van der Waals surface area contributed by atoms with Crippen molar-refractivity contribution in [1.29, 1.82) is 0 Å². The molecule has 0 unspecified atom stereocenters. The van der Waals surface area contributed by atoms with Gasteiger partial charge in [-0.2, -0.15) is 0 Å². The highest BCUT2D eigenvalue weighted by Gasteiger charge is 2.15. The van der Waals surface area contributed by atoms with E-state index in [1.54, 1.807) is 18.5 Å². The normalized spacial score (nSPS) is 10.8. The summed E-state index contributed by atoms with van der Waals surface area (Å²) in [5.74, 6) is 0.223. The van der Waals surface area contributed by atoms with Gasteiger partial charge >= 0.3 is 0 Å². The molecule has 0 aliphatic carbocycles. The molecule has 106 valence electrons. The van der Waals surface area contributed by atoms with Gasteiger partial charge in [0.15, 0.2) is 0 Å². The van der Waals surface area contributed by atoms with Gasteiger partial charge in [0, 0.05) is 36.0 Å². The lowest BCUT2D eigenvalue weighted by Crippen LogP contribution is -2.16. The van der Waals surface area contributed by atoms with E-state index < -0.39 is 0 Å². The first-order chi connectivity index (χ1) is 10.2. The maximum absolute atomic E-state index is 12.2. The molecular formula is C16H16N4O. The second-order valence-corrected chi connectivity index (χ2v) is 4.94. The van der Waals surface area contributed by atoms with Gasteiger partial charge in [0.1, 0.15) is 0 Å². The van der Waals surface area contributed by atoms with Gasteiger partial charge in [-0.05, 0) is 24.6 Å². The lowest BCUT2D eigenvalue weighted by Gasteiger charge is -2.04. The molecule has 3 aromatic rings. The van der Waals surface area contributed by atoms with Gasteiger partial charge in [-0.15, -0.1) is 0 Å². The molecule has 1 N–H and O–H groups in total. The van der Waals surface area contributed by atoms with Crippen molar-refractivity contribution < 1.29 is 4.79 Å². The summed E-state index contributed by atoms with van der Waals surface area (Å²) in [6, 6.07) is 9.81. The van der Waals surface area contributed by atoms with Crippen LogP contribution in [0.2, 0.25) is 0 Å². The summed E-state index contributed by atoms with van der Waals surface area (Å²) in [6.07, 6.45) is 3.52. The average molecular weight is 280 g/mol. The number of rotatable bonds is 3.